The molecule has 0 unspecified atom stereocenters. The summed E-state index contributed by atoms with van der Waals surface area (Å²) < 4.78 is 6.66. The molecule has 0 bridgehead atoms. The van der Waals surface area contributed by atoms with Crippen LogP contribution in [0.1, 0.15) is 24.9 Å². The molecular formula is C15H15BrClNO. The van der Waals surface area contributed by atoms with Crippen LogP contribution in [0.2, 0.25) is 5.02 Å². The Kier molecular flexibility index (Phi) is 4.86. The second kappa shape index (κ2) is 6.42. The highest BCUT2D eigenvalue weighted by atomic mass is 79.9. The van der Waals surface area contributed by atoms with E-state index < -0.39 is 0 Å². The lowest BCUT2D eigenvalue weighted by Gasteiger charge is -2.11. The van der Waals surface area contributed by atoms with Gasteiger partial charge in [-0.3, -0.25) is 0 Å². The molecule has 0 saturated carbocycles. The Morgan fingerprint density at radius 3 is 2.47 bits per heavy atom. The van der Waals surface area contributed by atoms with Gasteiger partial charge in [0.2, 0.25) is 0 Å². The van der Waals surface area contributed by atoms with Gasteiger partial charge in [-0.2, -0.15) is 0 Å². The van der Waals surface area contributed by atoms with E-state index in [0.717, 1.165) is 22.2 Å². The van der Waals surface area contributed by atoms with Gasteiger partial charge >= 0.3 is 0 Å². The molecule has 0 heterocycles. The molecule has 2 N–H and O–H groups in total. The molecule has 2 aromatic carbocycles. The molecule has 0 spiro atoms. The van der Waals surface area contributed by atoms with E-state index in [1.54, 1.807) is 6.07 Å². The molecule has 0 fully saturated rings. The van der Waals surface area contributed by atoms with E-state index in [1.807, 2.05) is 36.4 Å². The SMILES string of the molecule is CC[C@@H](N)c1ccc(Oc2ccc(Br)cc2Cl)cc1. The predicted octanol–water partition coefficient (Wildman–Crippen LogP) is 5.30. The molecule has 0 radical (unpaired) electrons. The molecule has 2 nitrogen and oxygen atoms in total. The second-order valence-corrected chi connectivity index (χ2v) is 5.58. The van der Waals surface area contributed by atoms with Gasteiger partial charge in [0.15, 0.2) is 0 Å². The number of hydrogen-bond donors (Lipinski definition) is 1. The number of nitrogens with two attached hydrogens (primary N) is 1. The van der Waals surface area contributed by atoms with Gasteiger partial charge in [-0.25, -0.2) is 0 Å². The van der Waals surface area contributed by atoms with Gasteiger partial charge in [0.25, 0.3) is 0 Å². The molecule has 0 aliphatic heterocycles. The van der Waals surface area contributed by atoms with Gasteiger partial charge in [-0.1, -0.05) is 46.6 Å². The van der Waals surface area contributed by atoms with E-state index in [1.165, 1.54) is 0 Å². The molecule has 2 rings (SSSR count). The van der Waals surface area contributed by atoms with Crippen molar-refractivity contribution in [2.75, 3.05) is 0 Å². The summed E-state index contributed by atoms with van der Waals surface area (Å²) in [7, 11) is 0. The van der Waals surface area contributed by atoms with Crippen LogP contribution in [0.3, 0.4) is 0 Å². The summed E-state index contributed by atoms with van der Waals surface area (Å²) in [4.78, 5) is 0. The van der Waals surface area contributed by atoms with Crippen LogP contribution in [0.4, 0.5) is 0 Å². The monoisotopic (exact) mass is 339 g/mol. The van der Waals surface area contributed by atoms with E-state index in [0.29, 0.717) is 10.8 Å². The van der Waals surface area contributed by atoms with Crippen LogP contribution in [-0.4, -0.2) is 0 Å². The summed E-state index contributed by atoms with van der Waals surface area (Å²) in [6.45, 7) is 2.07. The lowest BCUT2D eigenvalue weighted by atomic mass is 10.1. The van der Waals surface area contributed by atoms with Crippen LogP contribution in [-0.2, 0) is 0 Å². The van der Waals surface area contributed by atoms with Crippen LogP contribution >= 0.6 is 27.5 Å². The number of rotatable bonds is 4. The maximum atomic E-state index is 6.11. The number of benzene rings is 2. The molecular weight excluding hydrogens is 326 g/mol. The fourth-order valence-corrected chi connectivity index (χ4v) is 2.42. The van der Waals surface area contributed by atoms with Crippen molar-refractivity contribution in [1.29, 1.82) is 0 Å². The summed E-state index contributed by atoms with van der Waals surface area (Å²) in [6.07, 6.45) is 0.915. The summed E-state index contributed by atoms with van der Waals surface area (Å²) in [5.74, 6) is 1.38. The summed E-state index contributed by atoms with van der Waals surface area (Å²) in [5, 5.41) is 0.573. The van der Waals surface area contributed by atoms with Crippen LogP contribution in [0.15, 0.2) is 46.9 Å². The van der Waals surface area contributed by atoms with Gasteiger partial charge in [-0.05, 0) is 42.3 Å². The van der Waals surface area contributed by atoms with Crippen molar-refractivity contribution >= 4 is 27.5 Å². The summed E-state index contributed by atoms with van der Waals surface area (Å²) in [5.41, 5.74) is 7.08. The topological polar surface area (TPSA) is 35.2 Å². The van der Waals surface area contributed by atoms with Gasteiger partial charge < -0.3 is 10.5 Å². The summed E-state index contributed by atoms with van der Waals surface area (Å²) in [6, 6.07) is 13.4. The average Bonchev–Trinajstić information content (AvgIpc) is 2.42. The zero-order valence-corrected chi connectivity index (χ0v) is 12.9. The van der Waals surface area contributed by atoms with E-state index in [9.17, 15) is 0 Å². The van der Waals surface area contributed by atoms with Crippen molar-refractivity contribution < 1.29 is 4.74 Å². The van der Waals surface area contributed by atoms with Gasteiger partial charge in [0.1, 0.15) is 11.5 Å². The standard InChI is InChI=1S/C15H15BrClNO/c1-2-14(18)10-3-6-12(7-4-10)19-15-8-5-11(16)9-13(15)17/h3-9,14H,2,18H2,1H3/t14-/m1/s1. The molecule has 4 heteroatoms. The van der Waals surface area contributed by atoms with E-state index in [2.05, 4.69) is 22.9 Å². The molecule has 2 aromatic rings. The predicted molar refractivity (Wildman–Crippen MR) is 82.9 cm³/mol. The van der Waals surface area contributed by atoms with Crippen molar-refractivity contribution in [3.8, 4) is 11.5 Å². The first-order chi connectivity index (χ1) is 9.10. The van der Waals surface area contributed by atoms with Gasteiger partial charge in [0.05, 0.1) is 5.02 Å². The number of halogens is 2. The zero-order chi connectivity index (χ0) is 13.8. The highest BCUT2D eigenvalue weighted by Crippen LogP contribution is 2.32. The zero-order valence-electron chi connectivity index (χ0n) is 10.6. The first-order valence-corrected chi connectivity index (χ1v) is 7.25. The normalized spacial score (nSPS) is 12.2. The average molecular weight is 341 g/mol. The Morgan fingerprint density at radius 2 is 1.89 bits per heavy atom. The van der Waals surface area contributed by atoms with Crippen molar-refractivity contribution in [3.05, 3.63) is 57.5 Å². The van der Waals surface area contributed by atoms with Crippen molar-refractivity contribution in [1.82, 2.24) is 0 Å². The Balaban J connectivity index is 2.15. The minimum Gasteiger partial charge on any atom is -0.456 e. The fraction of sp³-hybridized carbons (Fsp3) is 0.200. The second-order valence-electron chi connectivity index (χ2n) is 4.26. The third-order valence-electron chi connectivity index (χ3n) is 2.87. The third kappa shape index (κ3) is 3.72. The Labute approximate surface area is 126 Å². The van der Waals surface area contributed by atoms with E-state index in [-0.39, 0.29) is 6.04 Å². The summed E-state index contributed by atoms with van der Waals surface area (Å²) >= 11 is 9.47. The van der Waals surface area contributed by atoms with E-state index in [4.69, 9.17) is 22.1 Å². The Morgan fingerprint density at radius 1 is 1.21 bits per heavy atom. The van der Waals surface area contributed by atoms with Gasteiger partial charge in [-0.15, -0.1) is 0 Å². The molecule has 0 amide bonds. The highest BCUT2D eigenvalue weighted by molar-refractivity contribution is 9.10. The number of hydrogen-bond acceptors (Lipinski definition) is 2. The van der Waals surface area contributed by atoms with E-state index >= 15 is 0 Å². The maximum Gasteiger partial charge on any atom is 0.146 e. The molecule has 0 aromatic heterocycles. The smallest absolute Gasteiger partial charge is 0.146 e. The molecule has 0 aliphatic rings. The van der Waals surface area contributed by atoms with Gasteiger partial charge in [0, 0.05) is 10.5 Å². The first-order valence-electron chi connectivity index (χ1n) is 6.08. The molecule has 1 atom stereocenters. The van der Waals surface area contributed by atoms with Crippen LogP contribution in [0.5, 0.6) is 11.5 Å². The molecule has 0 saturated heterocycles. The molecule has 0 aliphatic carbocycles. The molecule has 19 heavy (non-hydrogen) atoms. The van der Waals surface area contributed by atoms with Crippen molar-refractivity contribution in [3.63, 3.8) is 0 Å². The largest absolute Gasteiger partial charge is 0.456 e. The minimum atomic E-state index is 0.0744. The Bertz CT molecular complexity index is 557. The fourth-order valence-electron chi connectivity index (χ4n) is 1.70. The Hall–Kier alpha value is -1.03. The van der Waals surface area contributed by atoms with Crippen molar-refractivity contribution in [2.24, 2.45) is 5.73 Å². The molecule has 100 valence electrons. The first kappa shape index (κ1) is 14.4. The van der Waals surface area contributed by atoms with Crippen LogP contribution in [0, 0.1) is 0 Å². The lowest BCUT2D eigenvalue weighted by Crippen LogP contribution is -2.07. The lowest BCUT2D eigenvalue weighted by molar-refractivity contribution is 0.482. The van der Waals surface area contributed by atoms with Crippen molar-refractivity contribution in [2.45, 2.75) is 19.4 Å². The maximum absolute atomic E-state index is 6.11. The number of ether oxygens (including phenoxy) is 1. The quantitative estimate of drug-likeness (QED) is 0.819. The minimum absolute atomic E-state index is 0.0744. The van der Waals surface area contributed by atoms with Crippen LogP contribution in [0.25, 0.3) is 0 Å². The van der Waals surface area contributed by atoms with Crippen LogP contribution < -0.4 is 10.5 Å². The highest BCUT2D eigenvalue weighted by Gasteiger charge is 2.06. The third-order valence-corrected chi connectivity index (χ3v) is 3.66.